The summed E-state index contributed by atoms with van der Waals surface area (Å²) in [7, 11) is 6.49. The molecule has 0 aromatic heterocycles. The third-order valence-electron chi connectivity index (χ3n) is 5.13. The van der Waals surface area contributed by atoms with Gasteiger partial charge >= 0.3 is 0 Å². The lowest BCUT2D eigenvalue weighted by Gasteiger charge is -2.37. The summed E-state index contributed by atoms with van der Waals surface area (Å²) in [6, 6.07) is 0.455. The van der Waals surface area contributed by atoms with E-state index < -0.39 is 0 Å². The van der Waals surface area contributed by atoms with Crippen LogP contribution in [-0.2, 0) is 4.79 Å². The Kier molecular flexibility index (Phi) is 6.45. The van der Waals surface area contributed by atoms with Crippen LogP contribution >= 0.6 is 0 Å². The van der Waals surface area contributed by atoms with E-state index in [1.165, 1.54) is 25.9 Å². The van der Waals surface area contributed by atoms with E-state index in [0.29, 0.717) is 12.5 Å². The second-order valence-electron chi connectivity index (χ2n) is 6.99. The third kappa shape index (κ3) is 5.57. The summed E-state index contributed by atoms with van der Waals surface area (Å²) in [6.45, 7) is 6.42. The number of piperidine rings is 1. The average molecular weight is 296 g/mol. The Morgan fingerprint density at radius 2 is 1.76 bits per heavy atom. The monoisotopic (exact) mass is 296 g/mol. The molecule has 1 amide bonds. The van der Waals surface area contributed by atoms with E-state index in [1.54, 1.807) is 0 Å². The molecule has 21 heavy (non-hydrogen) atoms. The first-order valence-electron chi connectivity index (χ1n) is 8.38. The van der Waals surface area contributed by atoms with Crippen LogP contribution in [0.1, 0.15) is 25.7 Å². The van der Waals surface area contributed by atoms with Gasteiger partial charge in [-0.25, -0.2) is 0 Å². The molecule has 2 aliphatic rings. The number of likely N-dealkylation sites (tertiary alicyclic amines) is 1. The highest BCUT2D eigenvalue weighted by molar-refractivity contribution is 5.75. The van der Waals surface area contributed by atoms with Gasteiger partial charge in [-0.05, 0) is 59.4 Å². The van der Waals surface area contributed by atoms with E-state index in [1.807, 2.05) is 0 Å². The van der Waals surface area contributed by atoms with Crippen molar-refractivity contribution in [3.05, 3.63) is 0 Å². The van der Waals surface area contributed by atoms with Crippen LogP contribution in [0.15, 0.2) is 0 Å². The summed E-state index contributed by atoms with van der Waals surface area (Å²) in [6.07, 6.45) is 4.25. The predicted molar refractivity (Wildman–Crippen MR) is 86.4 cm³/mol. The summed E-state index contributed by atoms with van der Waals surface area (Å²) < 4.78 is 0. The molecule has 0 aromatic rings. The Balaban J connectivity index is 1.61. The number of nitrogens with one attached hydrogen (secondary N) is 1. The lowest BCUT2D eigenvalue weighted by Crippen LogP contribution is -2.54. The molecule has 2 fully saturated rings. The van der Waals surface area contributed by atoms with Crippen molar-refractivity contribution in [2.24, 2.45) is 5.92 Å². The molecule has 1 N–H and O–H groups in total. The SMILES string of the molecule is CN1CCC(CCC(=O)NCC2CN(C)CCN2C)CC1. The van der Waals surface area contributed by atoms with Crippen LogP contribution in [-0.4, -0.2) is 87.1 Å². The number of carbonyl (C=O) groups is 1. The van der Waals surface area contributed by atoms with Crippen LogP contribution in [0.25, 0.3) is 0 Å². The van der Waals surface area contributed by atoms with Crippen molar-refractivity contribution in [1.82, 2.24) is 20.0 Å². The van der Waals surface area contributed by atoms with Crippen LogP contribution in [0.2, 0.25) is 0 Å². The molecule has 0 bridgehead atoms. The molecule has 0 aliphatic carbocycles. The van der Waals surface area contributed by atoms with E-state index in [2.05, 4.69) is 41.2 Å². The van der Waals surface area contributed by atoms with Crippen molar-refractivity contribution < 1.29 is 4.79 Å². The largest absolute Gasteiger partial charge is 0.354 e. The molecule has 122 valence electrons. The number of likely N-dealkylation sites (N-methyl/N-ethyl adjacent to an activating group) is 2. The highest BCUT2D eigenvalue weighted by Crippen LogP contribution is 2.20. The van der Waals surface area contributed by atoms with Crippen LogP contribution in [0.3, 0.4) is 0 Å². The molecular formula is C16H32N4O. The molecule has 1 unspecified atom stereocenters. The van der Waals surface area contributed by atoms with Gasteiger partial charge in [0.1, 0.15) is 0 Å². The molecule has 2 heterocycles. The Hall–Kier alpha value is -0.650. The predicted octanol–water partition coefficient (Wildman–Crippen LogP) is 0.470. The first kappa shape index (κ1) is 16.7. The number of rotatable bonds is 5. The maximum Gasteiger partial charge on any atom is 0.220 e. The normalized spacial score (nSPS) is 26.9. The van der Waals surface area contributed by atoms with Gasteiger partial charge < -0.3 is 15.1 Å². The Morgan fingerprint density at radius 1 is 1.05 bits per heavy atom. The van der Waals surface area contributed by atoms with Gasteiger partial charge in [-0.1, -0.05) is 0 Å². The van der Waals surface area contributed by atoms with E-state index in [-0.39, 0.29) is 5.91 Å². The maximum absolute atomic E-state index is 12.0. The number of carbonyl (C=O) groups excluding carboxylic acids is 1. The molecule has 1 atom stereocenters. The van der Waals surface area contributed by atoms with Crippen LogP contribution in [0, 0.1) is 5.92 Å². The summed E-state index contributed by atoms with van der Waals surface area (Å²) >= 11 is 0. The van der Waals surface area contributed by atoms with Gasteiger partial charge in [0, 0.05) is 38.6 Å². The van der Waals surface area contributed by atoms with Crippen molar-refractivity contribution in [3.63, 3.8) is 0 Å². The quantitative estimate of drug-likeness (QED) is 0.800. The minimum atomic E-state index is 0.232. The molecule has 0 radical (unpaired) electrons. The molecule has 5 heteroatoms. The van der Waals surface area contributed by atoms with Gasteiger partial charge in [-0.2, -0.15) is 0 Å². The van der Waals surface area contributed by atoms with Gasteiger partial charge in [0.2, 0.25) is 5.91 Å². The highest BCUT2D eigenvalue weighted by Gasteiger charge is 2.23. The lowest BCUT2D eigenvalue weighted by atomic mass is 9.92. The second-order valence-corrected chi connectivity index (χ2v) is 6.99. The van der Waals surface area contributed by atoms with Crippen LogP contribution < -0.4 is 5.32 Å². The fourth-order valence-electron chi connectivity index (χ4n) is 3.33. The van der Waals surface area contributed by atoms with Crippen LogP contribution in [0.4, 0.5) is 0 Å². The minimum absolute atomic E-state index is 0.232. The molecule has 0 spiro atoms. The molecule has 2 rings (SSSR count). The van der Waals surface area contributed by atoms with Gasteiger partial charge in [0.25, 0.3) is 0 Å². The maximum atomic E-state index is 12.0. The molecule has 0 aromatic carbocycles. The van der Waals surface area contributed by atoms with E-state index in [0.717, 1.165) is 38.5 Å². The number of piperazine rings is 1. The van der Waals surface area contributed by atoms with Crippen molar-refractivity contribution >= 4 is 5.91 Å². The first-order valence-corrected chi connectivity index (χ1v) is 8.38. The molecular weight excluding hydrogens is 264 g/mol. The fourth-order valence-corrected chi connectivity index (χ4v) is 3.33. The first-order chi connectivity index (χ1) is 10.0. The topological polar surface area (TPSA) is 38.8 Å². The van der Waals surface area contributed by atoms with Crippen molar-refractivity contribution in [2.45, 2.75) is 31.7 Å². The van der Waals surface area contributed by atoms with Crippen molar-refractivity contribution in [1.29, 1.82) is 0 Å². The Morgan fingerprint density at radius 3 is 2.48 bits per heavy atom. The Labute approximate surface area is 129 Å². The number of hydrogen-bond donors (Lipinski definition) is 1. The zero-order valence-corrected chi connectivity index (χ0v) is 14.0. The second kappa shape index (κ2) is 8.11. The molecule has 2 saturated heterocycles. The summed E-state index contributed by atoms with van der Waals surface area (Å²) in [5, 5.41) is 3.13. The minimum Gasteiger partial charge on any atom is -0.354 e. The number of amides is 1. The van der Waals surface area contributed by atoms with Gasteiger partial charge in [-0.15, -0.1) is 0 Å². The van der Waals surface area contributed by atoms with Crippen LogP contribution in [0.5, 0.6) is 0 Å². The summed E-state index contributed by atoms with van der Waals surface area (Å²) in [5.41, 5.74) is 0. The van der Waals surface area contributed by atoms with Gasteiger partial charge in [0.05, 0.1) is 0 Å². The van der Waals surface area contributed by atoms with E-state index in [4.69, 9.17) is 0 Å². The lowest BCUT2D eigenvalue weighted by molar-refractivity contribution is -0.121. The Bertz CT molecular complexity index is 328. The number of nitrogens with zero attached hydrogens (tertiary/aromatic N) is 3. The highest BCUT2D eigenvalue weighted by atomic mass is 16.1. The third-order valence-corrected chi connectivity index (χ3v) is 5.13. The standard InChI is InChI=1S/C16H32N4O/c1-18-8-6-14(7-9-18)4-5-16(21)17-12-15-13-19(2)10-11-20(15)3/h14-15H,4-13H2,1-3H3,(H,17,21). The molecule has 0 saturated carbocycles. The summed E-state index contributed by atoms with van der Waals surface area (Å²) in [4.78, 5) is 19.1. The summed E-state index contributed by atoms with van der Waals surface area (Å²) in [5.74, 6) is 0.978. The fraction of sp³-hybridized carbons (Fsp3) is 0.938. The van der Waals surface area contributed by atoms with E-state index >= 15 is 0 Å². The van der Waals surface area contributed by atoms with Crippen molar-refractivity contribution in [2.75, 3.05) is 60.4 Å². The number of hydrogen-bond acceptors (Lipinski definition) is 4. The molecule has 2 aliphatic heterocycles. The van der Waals surface area contributed by atoms with Gasteiger partial charge in [-0.3, -0.25) is 9.69 Å². The molecule has 5 nitrogen and oxygen atoms in total. The van der Waals surface area contributed by atoms with Crippen molar-refractivity contribution in [3.8, 4) is 0 Å². The zero-order chi connectivity index (χ0) is 15.2. The smallest absolute Gasteiger partial charge is 0.220 e. The van der Waals surface area contributed by atoms with E-state index in [9.17, 15) is 4.79 Å². The zero-order valence-electron chi connectivity index (χ0n) is 14.0. The van der Waals surface area contributed by atoms with Gasteiger partial charge in [0.15, 0.2) is 0 Å². The average Bonchev–Trinajstić information content (AvgIpc) is 2.47.